The van der Waals surface area contributed by atoms with Crippen molar-refractivity contribution in [1.82, 2.24) is 15.2 Å². The Kier molecular flexibility index (Phi) is 4.94. The molecule has 26 heavy (non-hydrogen) atoms. The van der Waals surface area contributed by atoms with Crippen molar-refractivity contribution in [2.45, 2.75) is 39.0 Å². The Bertz CT molecular complexity index is 797. The number of rotatable bonds is 6. The molecule has 1 aromatic heterocycles. The molecule has 0 radical (unpaired) electrons. The minimum atomic E-state index is 0.0198. The summed E-state index contributed by atoms with van der Waals surface area (Å²) in [6.07, 6.45) is 3.94. The lowest BCUT2D eigenvalue weighted by atomic mass is 9.99. The molecule has 2 heterocycles. The lowest BCUT2D eigenvalue weighted by Gasteiger charge is -2.17. The average Bonchev–Trinajstić information content (AvgIpc) is 3.33. The highest BCUT2D eigenvalue weighted by Gasteiger charge is 2.31. The van der Waals surface area contributed by atoms with E-state index in [0.29, 0.717) is 18.4 Å². The van der Waals surface area contributed by atoms with Crippen LogP contribution in [-0.4, -0.2) is 42.0 Å². The van der Waals surface area contributed by atoms with Crippen LogP contribution >= 0.6 is 0 Å². The van der Waals surface area contributed by atoms with E-state index in [9.17, 15) is 4.79 Å². The molecule has 1 saturated carbocycles. The Hall–Kier alpha value is -1.94. The third-order valence-electron chi connectivity index (χ3n) is 5.56. The van der Waals surface area contributed by atoms with Crippen molar-refractivity contribution in [3.63, 3.8) is 0 Å². The predicted molar refractivity (Wildman–Crippen MR) is 105 cm³/mol. The molecule has 1 aliphatic carbocycles. The zero-order valence-corrected chi connectivity index (χ0v) is 15.9. The van der Waals surface area contributed by atoms with Gasteiger partial charge in [0.1, 0.15) is 0 Å². The van der Waals surface area contributed by atoms with E-state index in [1.165, 1.54) is 19.4 Å². The largest absolute Gasteiger partial charge is 0.352 e. The zero-order chi connectivity index (χ0) is 18.1. The molecule has 2 aromatic rings. The highest BCUT2D eigenvalue weighted by molar-refractivity contribution is 6.06. The van der Waals surface area contributed by atoms with Crippen LogP contribution in [-0.2, 0) is 0 Å². The summed E-state index contributed by atoms with van der Waals surface area (Å²) >= 11 is 0. The summed E-state index contributed by atoms with van der Waals surface area (Å²) in [4.78, 5) is 20.3. The summed E-state index contributed by atoms with van der Waals surface area (Å²) in [5.74, 6) is 1.83. The van der Waals surface area contributed by atoms with E-state index in [1.54, 1.807) is 0 Å². The van der Waals surface area contributed by atoms with Gasteiger partial charge in [0, 0.05) is 36.6 Å². The van der Waals surface area contributed by atoms with Crippen molar-refractivity contribution in [3.8, 4) is 0 Å². The second kappa shape index (κ2) is 7.36. The predicted octanol–water partition coefficient (Wildman–Crippen LogP) is 3.82. The molecular weight excluding hydrogens is 322 g/mol. The van der Waals surface area contributed by atoms with Gasteiger partial charge in [-0.15, -0.1) is 0 Å². The first-order valence-electron chi connectivity index (χ1n) is 10.0. The standard InChI is InChI=1S/C22H29N3O/c1-15(2)12-23-22(26)19-11-21(24-20-6-4-3-5-18(19)20)17-9-10-25(14-17)13-16-7-8-16/h3-6,11,15-17H,7-10,12-14H2,1-2H3,(H,23,26)/t17-/m1/s1. The minimum absolute atomic E-state index is 0.0198. The Balaban J connectivity index is 1.60. The van der Waals surface area contributed by atoms with E-state index >= 15 is 0 Å². The minimum Gasteiger partial charge on any atom is -0.352 e. The smallest absolute Gasteiger partial charge is 0.252 e. The molecule has 1 aromatic carbocycles. The first-order chi connectivity index (χ1) is 12.6. The Morgan fingerprint density at radius 3 is 2.85 bits per heavy atom. The van der Waals surface area contributed by atoms with Crippen LogP contribution in [0, 0.1) is 11.8 Å². The van der Waals surface area contributed by atoms with Crippen molar-refractivity contribution in [2.75, 3.05) is 26.2 Å². The molecule has 138 valence electrons. The van der Waals surface area contributed by atoms with Gasteiger partial charge in [0.05, 0.1) is 11.1 Å². The van der Waals surface area contributed by atoms with Crippen LogP contribution in [0.3, 0.4) is 0 Å². The summed E-state index contributed by atoms with van der Waals surface area (Å²) in [5.41, 5.74) is 2.78. The molecule has 1 amide bonds. The first kappa shape index (κ1) is 17.5. The van der Waals surface area contributed by atoms with Crippen LogP contribution in [0.15, 0.2) is 30.3 Å². The molecule has 1 atom stereocenters. The Labute approximate surface area is 156 Å². The number of carbonyl (C=O) groups excluding carboxylic acids is 1. The van der Waals surface area contributed by atoms with Crippen molar-refractivity contribution >= 4 is 16.8 Å². The number of hydrogen-bond acceptors (Lipinski definition) is 3. The summed E-state index contributed by atoms with van der Waals surface area (Å²) < 4.78 is 0. The van der Waals surface area contributed by atoms with Crippen molar-refractivity contribution in [3.05, 3.63) is 41.6 Å². The van der Waals surface area contributed by atoms with E-state index < -0.39 is 0 Å². The van der Waals surface area contributed by atoms with E-state index in [1.807, 2.05) is 30.3 Å². The van der Waals surface area contributed by atoms with Crippen molar-refractivity contribution < 1.29 is 4.79 Å². The van der Waals surface area contributed by atoms with Gasteiger partial charge in [-0.2, -0.15) is 0 Å². The van der Waals surface area contributed by atoms with Gasteiger partial charge >= 0.3 is 0 Å². The van der Waals surface area contributed by atoms with Gasteiger partial charge in [-0.05, 0) is 49.8 Å². The van der Waals surface area contributed by atoms with Crippen LogP contribution in [0.2, 0.25) is 0 Å². The Morgan fingerprint density at radius 2 is 2.08 bits per heavy atom. The molecule has 0 spiro atoms. The lowest BCUT2D eigenvalue weighted by Crippen LogP contribution is -2.28. The van der Waals surface area contributed by atoms with Crippen LogP contribution < -0.4 is 5.32 Å². The van der Waals surface area contributed by atoms with Gasteiger partial charge in [0.15, 0.2) is 0 Å². The van der Waals surface area contributed by atoms with Gasteiger partial charge in [-0.1, -0.05) is 32.0 Å². The number of hydrogen-bond donors (Lipinski definition) is 1. The zero-order valence-electron chi connectivity index (χ0n) is 15.9. The topological polar surface area (TPSA) is 45.2 Å². The highest BCUT2D eigenvalue weighted by atomic mass is 16.1. The molecule has 1 N–H and O–H groups in total. The van der Waals surface area contributed by atoms with Crippen molar-refractivity contribution in [1.29, 1.82) is 0 Å². The Morgan fingerprint density at radius 1 is 1.27 bits per heavy atom. The van der Waals surface area contributed by atoms with Gasteiger partial charge in [-0.3, -0.25) is 9.78 Å². The van der Waals surface area contributed by atoms with Crippen LogP contribution in [0.4, 0.5) is 0 Å². The van der Waals surface area contributed by atoms with E-state index in [4.69, 9.17) is 4.98 Å². The van der Waals surface area contributed by atoms with Crippen LogP contribution in [0.5, 0.6) is 0 Å². The van der Waals surface area contributed by atoms with E-state index in [2.05, 4.69) is 24.1 Å². The molecule has 4 heteroatoms. The summed E-state index contributed by atoms with van der Waals surface area (Å²) in [6, 6.07) is 10.1. The maximum absolute atomic E-state index is 12.8. The maximum atomic E-state index is 12.8. The summed E-state index contributed by atoms with van der Waals surface area (Å²) in [6.45, 7) is 8.40. The number of fused-ring (bicyclic) bond motifs is 1. The second-order valence-corrected chi connectivity index (χ2v) is 8.40. The normalized spacial score (nSPS) is 20.8. The number of pyridine rings is 1. The van der Waals surface area contributed by atoms with Crippen molar-refractivity contribution in [2.24, 2.45) is 11.8 Å². The van der Waals surface area contributed by atoms with Crippen LogP contribution in [0.1, 0.15) is 55.1 Å². The molecule has 1 saturated heterocycles. The monoisotopic (exact) mass is 351 g/mol. The maximum Gasteiger partial charge on any atom is 0.252 e. The molecule has 2 aliphatic rings. The number of carbonyl (C=O) groups is 1. The third kappa shape index (κ3) is 3.90. The number of amides is 1. The number of nitrogens with zero attached hydrogens (tertiary/aromatic N) is 2. The van der Waals surface area contributed by atoms with Gasteiger partial charge in [0.2, 0.25) is 0 Å². The average molecular weight is 351 g/mol. The van der Waals surface area contributed by atoms with Crippen LogP contribution in [0.25, 0.3) is 10.9 Å². The third-order valence-corrected chi connectivity index (χ3v) is 5.56. The fourth-order valence-electron chi connectivity index (χ4n) is 3.89. The molecule has 4 nitrogen and oxygen atoms in total. The number of likely N-dealkylation sites (tertiary alicyclic amines) is 1. The summed E-state index contributed by atoms with van der Waals surface area (Å²) in [5, 5.41) is 4.02. The number of aromatic nitrogens is 1. The fraction of sp³-hybridized carbons (Fsp3) is 0.545. The highest BCUT2D eigenvalue weighted by Crippen LogP contribution is 2.34. The lowest BCUT2D eigenvalue weighted by molar-refractivity contribution is 0.0950. The number of benzene rings is 1. The SMILES string of the molecule is CC(C)CNC(=O)c1cc([C@@H]2CCN(CC3CC3)C2)nc2ccccc12. The van der Waals surface area contributed by atoms with E-state index in [-0.39, 0.29) is 5.91 Å². The summed E-state index contributed by atoms with van der Waals surface area (Å²) in [7, 11) is 0. The quantitative estimate of drug-likeness (QED) is 0.860. The van der Waals surface area contributed by atoms with E-state index in [0.717, 1.165) is 47.6 Å². The number of para-hydroxylation sites is 1. The first-order valence-corrected chi connectivity index (χ1v) is 10.0. The molecule has 0 unspecified atom stereocenters. The molecule has 1 aliphatic heterocycles. The fourth-order valence-corrected chi connectivity index (χ4v) is 3.89. The van der Waals surface area contributed by atoms with Gasteiger partial charge in [-0.25, -0.2) is 0 Å². The van der Waals surface area contributed by atoms with Gasteiger partial charge < -0.3 is 10.2 Å². The molecular formula is C22H29N3O. The second-order valence-electron chi connectivity index (χ2n) is 8.40. The molecule has 2 fully saturated rings. The molecule has 0 bridgehead atoms. The van der Waals surface area contributed by atoms with Gasteiger partial charge in [0.25, 0.3) is 5.91 Å². The molecule has 4 rings (SSSR count). The number of nitrogens with one attached hydrogen (secondary N) is 1.